The molecule has 3 nitrogen and oxygen atoms in total. The lowest BCUT2D eigenvalue weighted by atomic mass is 9.92. The molecule has 2 atom stereocenters. The Morgan fingerprint density at radius 3 is 2.57 bits per heavy atom. The maximum atomic E-state index is 10.5. The first-order valence-corrected chi connectivity index (χ1v) is 7.62. The van der Waals surface area contributed by atoms with Gasteiger partial charge in [0.1, 0.15) is 11.9 Å². The van der Waals surface area contributed by atoms with Gasteiger partial charge in [-0.1, -0.05) is 48.5 Å². The quantitative estimate of drug-likeness (QED) is 0.730. The summed E-state index contributed by atoms with van der Waals surface area (Å²) < 4.78 is 6.23. The van der Waals surface area contributed by atoms with E-state index in [1.165, 1.54) is 0 Å². The topological polar surface area (TPSA) is 53.2 Å². The number of aliphatic hydroxyl groups is 1. The molecule has 0 unspecified atom stereocenters. The van der Waals surface area contributed by atoms with Crippen molar-refractivity contribution in [3.05, 3.63) is 77.4 Å². The molecule has 0 saturated heterocycles. The Labute approximate surface area is 134 Å². The van der Waals surface area contributed by atoms with Crippen LogP contribution in [0.2, 0.25) is 0 Å². The predicted molar refractivity (Wildman–Crippen MR) is 88.1 cm³/mol. The van der Waals surface area contributed by atoms with Crippen LogP contribution in [0.5, 0.6) is 5.75 Å². The van der Waals surface area contributed by atoms with Crippen LogP contribution in [0, 0.1) is 11.3 Å². The highest BCUT2D eigenvalue weighted by molar-refractivity contribution is 5.90. The standard InChI is InChI=1S/C20H15NO2/c21-12-13-5-7-15(8-6-13)19-11-18(22)17-10-9-14-3-1-2-4-16(14)20(17)23-19/h1-10,18-19,22H,11H2/t18-,19-/m0/s1. The molecule has 0 spiro atoms. The minimum Gasteiger partial charge on any atom is -0.485 e. The first-order chi connectivity index (χ1) is 11.3. The molecule has 3 heteroatoms. The zero-order chi connectivity index (χ0) is 15.8. The number of ether oxygens (including phenoxy) is 1. The number of nitriles is 1. The van der Waals surface area contributed by atoms with Crippen LogP contribution in [0.25, 0.3) is 10.8 Å². The summed E-state index contributed by atoms with van der Waals surface area (Å²) in [7, 11) is 0. The predicted octanol–water partition coefficient (Wildman–Crippen LogP) is 4.27. The molecule has 112 valence electrons. The summed E-state index contributed by atoms with van der Waals surface area (Å²) in [6.45, 7) is 0. The molecular weight excluding hydrogens is 286 g/mol. The van der Waals surface area contributed by atoms with Gasteiger partial charge in [-0.05, 0) is 23.1 Å². The molecule has 0 saturated carbocycles. The van der Waals surface area contributed by atoms with E-state index < -0.39 is 6.10 Å². The molecule has 3 aromatic carbocycles. The number of aliphatic hydroxyl groups excluding tert-OH is 1. The van der Waals surface area contributed by atoms with Crippen LogP contribution >= 0.6 is 0 Å². The van der Waals surface area contributed by atoms with Crippen molar-refractivity contribution in [2.45, 2.75) is 18.6 Å². The van der Waals surface area contributed by atoms with E-state index in [0.717, 1.165) is 27.6 Å². The molecule has 0 bridgehead atoms. The van der Waals surface area contributed by atoms with Gasteiger partial charge >= 0.3 is 0 Å². The van der Waals surface area contributed by atoms with Gasteiger partial charge in [0.2, 0.25) is 0 Å². The van der Waals surface area contributed by atoms with Crippen LogP contribution < -0.4 is 4.74 Å². The summed E-state index contributed by atoms with van der Waals surface area (Å²) in [5.41, 5.74) is 2.44. The van der Waals surface area contributed by atoms with Gasteiger partial charge in [0.25, 0.3) is 0 Å². The maximum Gasteiger partial charge on any atom is 0.133 e. The van der Waals surface area contributed by atoms with Gasteiger partial charge in [0.15, 0.2) is 0 Å². The third kappa shape index (κ3) is 2.34. The summed E-state index contributed by atoms with van der Waals surface area (Å²) in [6, 6.07) is 21.4. The Morgan fingerprint density at radius 2 is 1.78 bits per heavy atom. The highest BCUT2D eigenvalue weighted by Crippen LogP contribution is 2.44. The highest BCUT2D eigenvalue weighted by Gasteiger charge is 2.29. The SMILES string of the molecule is N#Cc1ccc([C@@H]2C[C@H](O)c3ccc4ccccc4c3O2)cc1. The molecule has 0 aliphatic carbocycles. The maximum absolute atomic E-state index is 10.5. The summed E-state index contributed by atoms with van der Waals surface area (Å²) in [6.07, 6.45) is -0.253. The van der Waals surface area contributed by atoms with Crippen LogP contribution in [-0.2, 0) is 0 Å². The van der Waals surface area contributed by atoms with Gasteiger partial charge < -0.3 is 9.84 Å². The lowest BCUT2D eigenvalue weighted by Crippen LogP contribution is -2.19. The molecule has 0 amide bonds. The summed E-state index contributed by atoms with van der Waals surface area (Å²) >= 11 is 0. The number of hydrogen-bond donors (Lipinski definition) is 1. The summed E-state index contributed by atoms with van der Waals surface area (Å²) in [4.78, 5) is 0. The van der Waals surface area contributed by atoms with E-state index in [1.807, 2.05) is 48.5 Å². The van der Waals surface area contributed by atoms with Gasteiger partial charge in [-0.25, -0.2) is 0 Å². The molecule has 0 fully saturated rings. The number of benzene rings is 3. The van der Waals surface area contributed by atoms with E-state index in [0.29, 0.717) is 12.0 Å². The summed E-state index contributed by atoms with van der Waals surface area (Å²) in [5, 5.41) is 21.5. The largest absolute Gasteiger partial charge is 0.485 e. The lowest BCUT2D eigenvalue weighted by molar-refractivity contribution is 0.0672. The van der Waals surface area contributed by atoms with E-state index in [9.17, 15) is 5.11 Å². The second-order valence-electron chi connectivity index (χ2n) is 5.80. The number of rotatable bonds is 1. The second-order valence-corrected chi connectivity index (χ2v) is 5.80. The Balaban J connectivity index is 1.78. The Bertz CT molecular complexity index is 909. The second kappa shape index (κ2) is 5.42. The van der Waals surface area contributed by atoms with Crippen molar-refractivity contribution >= 4 is 10.8 Å². The van der Waals surface area contributed by atoms with Crippen molar-refractivity contribution in [3.63, 3.8) is 0 Å². The first kappa shape index (κ1) is 13.8. The van der Waals surface area contributed by atoms with Gasteiger partial charge in [0, 0.05) is 17.4 Å². The van der Waals surface area contributed by atoms with Gasteiger partial charge in [-0.2, -0.15) is 5.26 Å². The van der Waals surface area contributed by atoms with Crippen LogP contribution in [0.1, 0.15) is 35.3 Å². The Kier molecular flexibility index (Phi) is 3.25. The zero-order valence-corrected chi connectivity index (χ0v) is 12.4. The van der Waals surface area contributed by atoms with Crippen LogP contribution in [0.4, 0.5) is 0 Å². The van der Waals surface area contributed by atoms with E-state index in [1.54, 1.807) is 12.1 Å². The van der Waals surface area contributed by atoms with E-state index in [-0.39, 0.29) is 6.10 Å². The van der Waals surface area contributed by atoms with Crippen LogP contribution in [-0.4, -0.2) is 5.11 Å². The first-order valence-electron chi connectivity index (χ1n) is 7.62. The Morgan fingerprint density at radius 1 is 1.00 bits per heavy atom. The van der Waals surface area contributed by atoms with Crippen molar-refractivity contribution < 1.29 is 9.84 Å². The molecule has 1 aliphatic rings. The third-order valence-corrected chi connectivity index (χ3v) is 4.38. The van der Waals surface area contributed by atoms with Gasteiger partial charge in [-0.15, -0.1) is 0 Å². The molecule has 1 aliphatic heterocycles. The van der Waals surface area contributed by atoms with E-state index in [2.05, 4.69) is 6.07 Å². The smallest absolute Gasteiger partial charge is 0.133 e. The summed E-state index contributed by atoms with van der Waals surface area (Å²) in [5.74, 6) is 0.760. The van der Waals surface area contributed by atoms with Crippen molar-refractivity contribution in [1.29, 1.82) is 5.26 Å². The van der Waals surface area contributed by atoms with Crippen molar-refractivity contribution in [2.75, 3.05) is 0 Å². The monoisotopic (exact) mass is 301 g/mol. The minimum absolute atomic E-state index is 0.212. The van der Waals surface area contributed by atoms with Gasteiger partial charge in [0.05, 0.1) is 17.7 Å². The van der Waals surface area contributed by atoms with Crippen LogP contribution in [0.15, 0.2) is 60.7 Å². The lowest BCUT2D eigenvalue weighted by Gasteiger charge is -2.31. The zero-order valence-electron chi connectivity index (χ0n) is 12.4. The molecule has 0 radical (unpaired) electrons. The normalized spacial score (nSPS) is 19.7. The highest BCUT2D eigenvalue weighted by atomic mass is 16.5. The van der Waals surface area contributed by atoms with Crippen molar-refractivity contribution in [1.82, 2.24) is 0 Å². The van der Waals surface area contributed by atoms with Crippen molar-refractivity contribution in [2.24, 2.45) is 0 Å². The fourth-order valence-electron chi connectivity index (χ4n) is 3.15. The minimum atomic E-state index is -0.552. The molecule has 1 N–H and O–H groups in total. The van der Waals surface area contributed by atoms with Crippen LogP contribution in [0.3, 0.4) is 0 Å². The van der Waals surface area contributed by atoms with Gasteiger partial charge in [-0.3, -0.25) is 0 Å². The fourth-order valence-corrected chi connectivity index (χ4v) is 3.15. The molecular formula is C20H15NO2. The fraction of sp³-hybridized carbons (Fsp3) is 0.150. The Hall–Kier alpha value is -2.83. The number of hydrogen-bond acceptors (Lipinski definition) is 3. The molecule has 23 heavy (non-hydrogen) atoms. The average Bonchev–Trinajstić information content (AvgIpc) is 2.61. The number of nitrogens with zero attached hydrogens (tertiary/aromatic N) is 1. The molecule has 4 rings (SSSR count). The molecule has 0 aromatic heterocycles. The van der Waals surface area contributed by atoms with E-state index >= 15 is 0 Å². The average molecular weight is 301 g/mol. The third-order valence-electron chi connectivity index (χ3n) is 4.38. The molecule has 1 heterocycles. The molecule has 3 aromatic rings. The van der Waals surface area contributed by atoms with Crippen molar-refractivity contribution in [3.8, 4) is 11.8 Å². The number of fused-ring (bicyclic) bond motifs is 3. The van der Waals surface area contributed by atoms with E-state index in [4.69, 9.17) is 10.00 Å².